The number of pyridine rings is 1. The van der Waals surface area contributed by atoms with E-state index in [1.165, 1.54) is 23.1 Å². The zero-order chi connectivity index (χ0) is 16.4. The molecule has 1 aliphatic heterocycles. The topological polar surface area (TPSA) is 88.4 Å². The van der Waals surface area contributed by atoms with Crippen molar-refractivity contribution in [2.24, 2.45) is 0 Å². The van der Waals surface area contributed by atoms with Gasteiger partial charge in [0.1, 0.15) is 23.9 Å². The van der Waals surface area contributed by atoms with Crippen LogP contribution in [0.4, 0.5) is 21.6 Å². The van der Waals surface area contributed by atoms with Crippen LogP contribution in [-0.2, 0) is 4.79 Å². The SMILES string of the molecule is O=C1[C@@H](Nc2ccc([N+](=O)[O-])cn2)CCN1c1ccccc1F. The summed E-state index contributed by atoms with van der Waals surface area (Å²) in [6, 6.07) is 8.31. The molecule has 1 amide bonds. The van der Waals surface area contributed by atoms with Gasteiger partial charge in [0.25, 0.3) is 5.69 Å². The lowest BCUT2D eigenvalue weighted by atomic mass is 10.2. The third-order valence-electron chi connectivity index (χ3n) is 3.63. The highest BCUT2D eigenvalue weighted by molar-refractivity contribution is 6.01. The van der Waals surface area contributed by atoms with Crippen LogP contribution in [0.3, 0.4) is 0 Å². The van der Waals surface area contributed by atoms with Gasteiger partial charge in [0, 0.05) is 12.6 Å². The number of hydrogen-bond acceptors (Lipinski definition) is 5. The molecule has 1 aromatic carbocycles. The van der Waals surface area contributed by atoms with Crippen LogP contribution in [0.25, 0.3) is 0 Å². The second-order valence-electron chi connectivity index (χ2n) is 5.09. The molecule has 118 valence electrons. The van der Waals surface area contributed by atoms with Crippen molar-refractivity contribution in [1.29, 1.82) is 0 Å². The molecule has 0 radical (unpaired) electrons. The van der Waals surface area contributed by atoms with E-state index in [2.05, 4.69) is 10.3 Å². The fourth-order valence-corrected chi connectivity index (χ4v) is 2.48. The van der Waals surface area contributed by atoms with Crippen LogP contribution in [0.2, 0.25) is 0 Å². The molecule has 1 N–H and O–H groups in total. The maximum absolute atomic E-state index is 13.8. The van der Waals surface area contributed by atoms with Crippen molar-refractivity contribution in [3.05, 3.63) is 58.5 Å². The molecule has 2 heterocycles. The highest BCUT2D eigenvalue weighted by Crippen LogP contribution is 2.25. The minimum Gasteiger partial charge on any atom is -0.358 e. The molecule has 7 nitrogen and oxygen atoms in total. The molecule has 1 aliphatic rings. The van der Waals surface area contributed by atoms with Gasteiger partial charge >= 0.3 is 0 Å². The number of hydrogen-bond donors (Lipinski definition) is 1. The number of carbonyl (C=O) groups excluding carboxylic acids is 1. The molecular weight excluding hydrogens is 303 g/mol. The van der Waals surface area contributed by atoms with E-state index in [-0.39, 0.29) is 17.3 Å². The van der Waals surface area contributed by atoms with E-state index < -0.39 is 16.8 Å². The lowest BCUT2D eigenvalue weighted by Gasteiger charge is -2.18. The van der Waals surface area contributed by atoms with Crippen LogP contribution in [0.1, 0.15) is 6.42 Å². The maximum Gasteiger partial charge on any atom is 0.287 e. The van der Waals surface area contributed by atoms with E-state index >= 15 is 0 Å². The van der Waals surface area contributed by atoms with Gasteiger partial charge in [-0.05, 0) is 24.6 Å². The fraction of sp³-hybridized carbons (Fsp3) is 0.200. The van der Waals surface area contributed by atoms with Gasteiger partial charge in [-0.2, -0.15) is 0 Å². The molecule has 1 atom stereocenters. The third-order valence-corrected chi connectivity index (χ3v) is 3.63. The summed E-state index contributed by atoms with van der Waals surface area (Å²) in [7, 11) is 0. The van der Waals surface area contributed by atoms with Gasteiger partial charge in [-0.25, -0.2) is 9.37 Å². The predicted molar refractivity (Wildman–Crippen MR) is 81.7 cm³/mol. The molecule has 3 rings (SSSR count). The molecule has 1 saturated heterocycles. The van der Waals surface area contributed by atoms with E-state index in [0.29, 0.717) is 18.8 Å². The predicted octanol–water partition coefficient (Wildman–Crippen LogP) is 2.35. The summed E-state index contributed by atoms with van der Waals surface area (Å²) in [5, 5.41) is 13.5. The number of amides is 1. The zero-order valence-corrected chi connectivity index (χ0v) is 12.0. The Morgan fingerprint density at radius 3 is 2.74 bits per heavy atom. The summed E-state index contributed by atoms with van der Waals surface area (Å²) in [5.74, 6) is -0.338. The molecule has 2 aromatic rings. The maximum atomic E-state index is 13.8. The van der Waals surface area contributed by atoms with Crippen molar-refractivity contribution in [2.75, 3.05) is 16.8 Å². The summed E-state index contributed by atoms with van der Waals surface area (Å²) >= 11 is 0. The molecule has 8 heteroatoms. The van der Waals surface area contributed by atoms with Crippen LogP contribution in [0, 0.1) is 15.9 Å². The third kappa shape index (κ3) is 2.96. The van der Waals surface area contributed by atoms with Gasteiger partial charge in [-0.1, -0.05) is 12.1 Å². The molecule has 0 unspecified atom stereocenters. The highest BCUT2D eigenvalue weighted by atomic mass is 19.1. The molecule has 1 fully saturated rings. The summed E-state index contributed by atoms with van der Waals surface area (Å²) < 4.78 is 13.8. The zero-order valence-electron chi connectivity index (χ0n) is 12.0. The number of nitrogens with one attached hydrogen (secondary N) is 1. The van der Waals surface area contributed by atoms with Crippen molar-refractivity contribution >= 4 is 23.1 Å². The molecule has 0 saturated carbocycles. The number of nitrogens with zero attached hydrogens (tertiary/aromatic N) is 3. The van der Waals surface area contributed by atoms with Gasteiger partial charge in [0.2, 0.25) is 5.91 Å². The van der Waals surface area contributed by atoms with Crippen LogP contribution < -0.4 is 10.2 Å². The van der Waals surface area contributed by atoms with Crippen LogP contribution >= 0.6 is 0 Å². The number of nitro groups is 1. The van der Waals surface area contributed by atoms with Crippen LogP contribution in [0.5, 0.6) is 0 Å². The standard InChI is InChI=1S/C15H13FN4O3/c16-11-3-1-2-4-13(11)19-8-7-12(15(19)21)18-14-6-5-10(9-17-14)20(22)23/h1-6,9,12H,7-8H2,(H,17,18)/t12-/m0/s1. The Hall–Kier alpha value is -3.03. The largest absolute Gasteiger partial charge is 0.358 e. The average Bonchev–Trinajstić information content (AvgIpc) is 2.89. The van der Waals surface area contributed by atoms with E-state index in [1.807, 2.05) is 0 Å². The van der Waals surface area contributed by atoms with Crippen molar-refractivity contribution in [3.63, 3.8) is 0 Å². The fourth-order valence-electron chi connectivity index (χ4n) is 2.48. The molecular formula is C15H13FN4O3. The Morgan fingerprint density at radius 2 is 2.09 bits per heavy atom. The first-order chi connectivity index (χ1) is 11.1. The van der Waals surface area contributed by atoms with E-state index in [4.69, 9.17) is 0 Å². The van der Waals surface area contributed by atoms with Crippen molar-refractivity contribution in [1.82, 2.24) is 4.98 Å². The molecule has 0 spiro atoms. The van der Waals surface area contributed by atoms with E-state index in [0.717, 1.165) is 6.20 Å². The van der Waals surface area contributed by atoms with Crippen molar-refractivity contribution in [3.8, 4) is 0 Å². The minimum atomic E-state index is -0.544. The lowest BCUT2D eigenvalue weighted by Crippen LogP contribution is -2.34. The monoisotopic (exact) mass is 316 g/mol. The second kappa shape index (κ2) is 5.99. The van der Waals surface area contributed by atoms with Gasteiger partial charge in [-0.3, -0.25) is 14.9 Å². The summed E-state index contributed by atoms with van der Waals surface area (Å²) in [4.78, 5) is 27.7. The lowest BCUT2D eigenvalue weighted by molar-refractivity contribution is -0.385. The second-order valence-corrected chi connectivity index (χ2v) is 5.09. The first-order valence-corrected chi connectivity index (χ1v) is 6.99. The van der Waals surface area contributed by atoms with E-state index in [9.17, 15) is 19.3 Å². The smallest absolute Gasteiger partial charge is 0.287 e. The summed E-state index contributed by atoms with van der Waals surface area (Å²) in [6.07, 6.45) is 1.61. The highest BCUT2D eigenvalue weighted by Gasteiger charge is 2.33. The quantitative estimate of drug-likeness (QED) is 0.691. The Labute approximate surface area is 130 Å². The number of rotatable bonds is 4. The van der Waals surface area contributed by atoms with Crippen LogP contribution in [0.15, 0.2) is 42.6 Å². The number of anilines is 2. The number of halogens is 1. The Kier molecular flexibility index (Phi) is 3.88. The number of para-hydroxylation sites is 1. The van der Waals surface area contributed by atoms with Gasteiger partial charge < -0.3 is 10.2 Å². The summed E-state index contributed by atoms with van der Waals surface area (Å²) in [6.45, 7) is 0.393. The van der Waals surface area contributed by atoms with Crippen LogP contribution in [-0.4, -0.2) is 28.4 Å². The Morgan fingerprint density at radius 1 is 1.30 bits per heavy atom. The van der Waals surface area contributed by atoms with Gasteiger partial charge in [0.05, 0.1) is 10.6 Å². The first kappa shape index (κ1) is 14.9. The summed E-state index contributed by atoms with van der Waals surface area (Å²) in [5.41, 5.74) is 0.125. The van der Waals surface area contributed by atoms with Crippen molar-refractivity contribution < 1.29 is 14.1 Å². The van der Waals surface area contributed by atoms with Gasteiger partial charge in [0.15, 0.2) is 0 Å². The average molecular weight is 316 g/mol. The Bertz CT molecular complexity index is 751. The van der Waals surface area contributed by atoms with Crippen molar-refractivity contribution in [2.45, 2.75) is 12.5 Å². The molecule has 1 aromatic heterocycles. The van der Waals surface area contributed by atoms with Gasteiger partial charge in [-0.15, -0.1) is 0 Å². The first-order valence-electron chi connectivity index (χ1n) is 6.99. The molecule has 0 bridgehead atoms. The molecule has 23 heavy (non-hydrogen) atoms. The molecule has 0 aliphatic carbocycles. The number of benzene rings is 1. The Balaban J connectivity index is 1.72. The normalized spacial score (nSPS) is 17.3. The van der Waals surface area contributed by atoms with E-state index in [1.54, 1.807) is 18.2 Å². The number of aromatic nitrogens is 1. The minimum absolute atomic E-state index is 0.124. The number of carbonyl (C=O) groups is 1.